The normalized spacial score (nSPS) is 11.9. The van der Waals surface area contributed by atoms with Gasteiger partial charge < -0.3 is 0 Å². The summed E-state index contributed by atoms with van der Waals surface area (Å²) in [5.74, 6) is 0. The SMILES string of the molecule is c1ccc(-c2c3ccccc3c(-c3ccc(-c4cccc5ccccc45)c4ccccc34)c3cc(-c4ccc5c(-c6ccc(-c7ccc8ccccc8c7)cc6)c6ccccc6c(-c6cccc7c6ccc6cc8ccccc8cc67)c5c4)ccc23)cc1. The van der Waals surface area contributed by atoms with Crippen molar-refractivity contribution in [2.24, 2.45) is 0 Å². The van der Waals surface area contributed by atoms with Gasteiger partial charge in [0.1, 0.15) is 0 Å². The lowest BCUT2D eigenvalue weighted by Gasteiger charge is -2.21. The Labute approximate surface area is 510 Å². The van der Waals surface area contributed by atoms with E-state index in [0.717, 1.165) is 11.1 Å². The predicted octanol–water partition coefficient (Wildman–Crippen LogP) is 24.9. The van der Waals surface area contributed by atoms with Crippen LogP contribution >= 0.6 is 0 Å². The highest BCUT2D eigenvalue weighted by atomic mass is 14.3. The first-order chi connectivity index (χ1) is 43.6. The van der Waals surface area contributed by atoms with E-state index in [1.54, 1.807) is 0 Å². The molecule has 0 nitrogen and oxygen atoms in total. The van der Waals surface area contributed by atoms with Crippen molar-refractivity contribution in [2.45, 2.75) is 0 Å². The number of fused-ring (bicyclic) bond motifs is 11. The molecule has 0 aliphatic rings. The van der Waals surface area contributed by atoms with Crippen LogP contribution in [0.5, 0.6) is 0 Å². The summed E-state index contributed by atoms with van der Waals surface area (Å²) in [5.41, 5.74) is 17.0. The molecule has 0 fully saturated rings. The Morgan fingerprint density at radius 3 is 1.14 bits per heavy atom. The molecule has 0 aliphatic carbocycles. The van der Waals surface area contributed by atoms with Gasteiger partial charge in [-0.05, 0) is 216 Å². The maximum absolute atomic E-state index is 2.51. The Bertz CT molecular complexity index is 5900. The second kappa shape index (κ2) is 20.1. The molecule has 0 amide bonds. The van der Waals surface area contributed by atoms with Crippen LogP contribution < -0.4 is 0 Å². The molecule has 0 atom stereocenters. The van der Waals surface area contributed by atoms with Crippen molar-refractivity contribution in [2.75, 3.05) is 0 Å². The van der Waals surface area contributed by atoms with E-state index in [4.69, 9.17) is 0 Å². The van der Waals surface area contributed by atoms with Gasteiger partial charge >= 0.3 is 0 Å². The zero-order valence-corrected chi connectivity index (χ0v) is 48.2. The minimum atomic E-state index is 1.16. The van der Waals surface area contributed by atoms with Crippen LogP contribution in [0.25, 0.3) is 186 Å². The van der Waals surface area contributed by atoms with Crippen molar-refractivity contribution in [3.8, 4) is 77.9 Å². The quantitative estimate of drug-likeness (QED) is 0.110. The summed E-state index contributed by atoms with van der Waals surface area (Å²) in [7, 11) is 0. The molecule has 0 heterocycles. The summed E-state index contributed by atoms with van der Waals surface area (Å²) >= 11 is 0. The first kappa shape index (κ1) is 49.9. The van der Waals surface area contributed by atoms with Gasteiger partial charge in [-0.15, -0.1) is 0 Å². The monoisotopic (exact) mass is 1110 g/mol. The van der Waals surface area contributed by atoms with Crippen LogP contribution in [0.2, 0.25) is 0 Å². The fourth-order valence-electron chi connectivity index (χ4n) is 14.9. The molecule has 18 aromatic rings. The van der Waals surface area contributed by atoms with E-state index in [1.807, 2.05) is 0 Å². The van der Waals surface area contributed by atoms with Crippen molar-refractivity contribution >= 4 is 108 Å². The highest BCUT2D eigenvalue weighted by Crippen LogP contribution is 2.51. The average Bonchev–Trinajstić information content (AvgIpc) is 1.08. The predicted molar refractivity (Wildman–Crippen MR) is 380 cm³/mol. The van der Waals surface area contributed by atoms with Crippen LogP contribution in [0.3, 0.4) is 0 Å². The van der Waals surface area contributed by atoms with Crippen LogP contribution in [-0.2, 0) is 0 Å². The van der Waals surface area contributed by atoms with Gasteiger partial charge in [0, 0.05) is 0 Å². The molecule has 406 valence electrons. The number of hydrogen-bond acceptors (Lipinski definition) is 0. The average molecular weight is 1110 g/mol. The van der Waals surface area contributed by atoms with Crippen LogP contribution in [0, 0.1) is 0 Å². The Kier molecular flexibility index (Phi) is 11.4. The first-order valence-corrected chi connectivity index (χ1v) is 30.6. The topological polar surface area (TPSA) is 0 Å². The summed E-state index contributed by atoms with van der Waals surface area (Å²) < 4.78 is 0. The smallest absolute Gasteiger partial charge is 0.00199 e. The third-order valence-corrected chi connectivity index (χ3v) is 19.0. The largest absolute Gasteiger partial charge is 0.0622 e. The molecule has 88 heavy (non-hydrogen) atoms. The second-order valence-corrected chi connectivity index (χ2v) is 23.7. The minimum absolute atomic E-state index is 1.16. The molecule has 0 N–H and O–H groups in total. The van der Waals surface area contributed by atoms with Crippen molar-refractivity contribution < 1.29 is 0 Å². The summed E-state index contributed by atoms with van der Waals surface area (Å²) in [6.45, 7) is 0. The number of benzene rings is 18. The molecular weight excluding hydrogens is 1060 g/mol. The van der Waals surface area contributed by atoms with Gasteiger partial charge in [0.2, 0.25) is 0 Å². The molecule has 18 rings (SSSR count). The first-order valence-electron chi connectivity index (χ1n) is 30.6. The lowest BCUT2D eigenvalue weighted by atomic mass is 9.82. The molecule has 0 saturated carbocycles. The van der Waals surface area contributed by atoms with E-state index in [9.17, 15) is 0 Å². The second-order valence-electron chi connectivity index (χ2n) is 23.7. The van der Waals surface area contributed by atoms with E-state index < -0.39 is 0 Å². The number of hydrogen-bond donors (Lipinski definition) is 0. The maximum atomic E-state index is 2.51. The van der Waals surface area contributed by atoms with Gasteiger partial charge in [-0.25, -0.2) is 0 Å². The van der Waals surface area contributed by atoms with Gasteiger partial charge in [0.05, 0.1) is 0 Å². The molecule has 18 aromatic carbocycles. The van der Waals surface area contributed by atoms with E-state index in [2.05, 4.69) is 328 Å². The summed E-state index contributed by atoms with van der Waals surface area (Å²) in [4.78, 5) is 0. The van der Waals surface area contributed by atoms with Gasteiger partial charge in [0.15, 0.2) is 0 Å². The van der Waals surface area contributed by atoms with Gasteiger partial charge in [-0.1, -0.05) is 297 Å². The molecule has 0 spiro atoms. The molecule has 0 heteroatoms. The van der Waals surface area contributed by atoms with Crippen molar-refractivity contribution in [3.05, 3.63) is 328 Å². The van der Waals surface area contributed by atoms with Crippen LogP contribution in [0.15, 0.2) is 328 Å². The molecule has 0 aromatic heterocycles. The Morgan fingerprint density at radius 2 is 0.477 bits per heavy atom. The van der Waals surface area contributed by atoms with E-state index in [-0.39, 0.29) is 0 Å². The lowest BCUT2D eigenvalue weighted by molar-refractivity contribution is 1.62. The van der Waals surface area contributed by atoms with Crippen molar-refractivity contribution in [1.82, 2.24) is 0 Å². The summed E-state index contributed by atoms with van der Waals surface area (Å²) in [6.07, 6.45) is 0. The Morgan fingerprint density at radius 1 is 0.114 bits per heavy atom. The van der Waals surface area contributed by atoms with E-state index >= 15 is 0 Å². The number of rotatable bonds is 7. The third-order valence-electron chi connectivity index (χ3n) is 19.0. The van der Waals surface area contributed by atoms with Gasteiger partial charge in [-0.2, -0.15) is 0 Å². The standard InChI is InChI=1S/C88H54/c1-2-20-58(21-3-1)85-75-29-12-15-32-78(75)88(79-49-48-72(69-27-10-11-28-70(69)79)68-33-16-25-57-19-8-9-26-67(57)68)84-54-65(42-46-80(84)85)64-43-47-81-83(53-64)87(74-35-17-34-71-73(74)45-44-66-51-61-23-6-7-24-62(61)52-82(66)71)77-31-14-13-30-76(77)86(81)59-39-36-56(37-40-59)63-41-38-55-18-4-5-22-60(55)50-63/h1-54H. The van der Waals surface area contributed by atoms with E-state index in [1.165, 1.54) is 174 Å². The fraction of sp³-hybridized carbons (Fsp3) is 0. The Balaban J connectivity index is 0.900. The van der Waals surface area contributed by atoms with Crippen LogP contribution in [0.4, 0.5) is 0 Å². The lowest BCUT2D eigenvalue weighted by Crippen LogP contribution is -1.94. The van der Waals surface area contributed by atoms with Crippen LogP contribution in [0.1, 0.15) is 0 Å². The molecular formula is C88H54. The van der Waals surface area contributed by atoms with Crippen molar-refractivity contribution in [1.29, 1.82) is 0 Å². The summed E-state index contributed by atoms with van der Waals surface area (Å²) in [6, 6.07) is 123. The fourth-order valence-corrected chi connectivity index (χ4v) is 14.9. The maximum Gasteiger partial charge on any atom is -0.00199 e. The zero-order valence-electron chi connectivity index (χ0n) is 48.2. The van der Waals surface area contributed by atoms with Gasteiger partial charge in [0.25, 0.3) is 0 Å². The molecule has 0 bridgehead atoms. The van der Waals surface area contributed by atoms with Gasteiger partial charge in [-0.3, -0.25) is 0 Å². The Hall–Kier alpha value is -11.4. The highest BCUT2D eigenvalue weighted by molar-refractivity contribution is 6.28. The van der Waals surface area contributed by atoms with E-state index in [0.29, 0.717) is 0 Å². The highest BCUT2D eigenvalue weighted by Gasteiger charge is 2.23. The third kappa shape index (κ3) is 7.93. The van der Waals surface area contributed by atoms with Crippen LogP contribution in [-0.4, -0.2) is 0 Å². The molecule has 0 aliphatic heterocycles. The molecule has 0 saturated heterocycles. The summed E-state index contributed by atoms with van der Waals surface area (Å²) in [5, 5.41) is 24.8. The molecule has 0 unspecified atom stereocenters. The molecule has 0 radical (unpaired) electrons. The van der Waals surface area contributed by atoms with Crippen molar-refractivity contribution in [3.63, 3.8) is 0 Å². The zero-order chi connectivity index (χ0) is 57.8. The minimum Gasteiger partial charge on any atom is -0.0622 e.